The highest BCUT2D eigenvalue weighted by Gasteiger charge is 2.09. The number of nitrogens with zero attached hydrogens (tertiary/aromatic N) is 1. The molecule has 0 aliphatic heterocycles. The Hall–Kier alpha value is -0.210. The van der Waals surface area contributed by atoms with Gasteiger partial charge < -0.3 is 4.90 Å². The van der Waals surface area contributed by atoms with E-state index in [2.05, 4.69) is 34.7 Å². The SMILES string of the molecule is CCN(CC)c1c(Cl)cccc1Br. The molecule has 0 heterocycles. The highest BCUT2D eigenvalue weighted by molar-refractivity contribution is 9.10. The molecule has 1 aromatic rings. The molecule has 0 aromatic heterocycles. The molecular formula is C10H13BrClN. The molecule has 13 heavy (non-hydrogen) atoms. The Kier molecular flexibility index (Phi) is 4.07. The first-order chi connectivity index (χ1) is 6.20. The van der Waals surface area contributed by atoms with Gasteiger partial charge in [-0.15, -0.1) is 0 Å². The number of hydrogen-bond donors (Lipinski definition) is 0. The van der Waals surface area contributed by atoms with E-state index < -0.39 is 0 Å². The number of rotatable bonds is 3. The minimum Gasteiger partial charge on any atom is -0.370 e. The predicted molar refractivity (Wildman–Crippen MR) is 62.7 cm³/mol. The molecule has 1 rings (SSSR count). The van der Waals surface area contributed by atoms with E-state index in [1.54, 1.807) is 0 Å². The molecule has 0 amide bonds. The third-order valence-electron chi connectivity index (χ3n) is 2.02. The Labute approximate surface area is 92.8 Å². The standard InChI is InChI=1S/C10H13BrClN/c1-3-13(4-2)10-8(11)6-5-7-9(10)12/h5-7H,3-4H2,1-2H3. The van der Waals surface area contributed by atoms with Crippen LogP contribution in [0.5, 0.6) is 0 Å². The number of halogens is 2. The second-order valence-corrected chi connectivity index (χ2v) is 4.00. The maximum Gasteiger partial charge on any atom is 0.0699 e. The van der Waals surface area contributed by atoms with Crippen molar-refractivity contribution in [1.82, 2.24) is 0 Å². The van der Waals surface area contributed by atoms with Crippen LogP contribution in [-0.2, 0) is 0 Å². The maximum atomic E-state index is 6.11. The molecule has 0 fully saturated rings. The molecule has 1 aromatic carbocycles. The molecule has 0 N–H and O–H groups in total. The summed E-state index contributed by atoms with van der Waals surface area (Å²) < 4.78 is 1.06. The minimum absolute atomic E-state index is 0.804. The van der Waals surface area contributed by atoms with Gasteiger partial charge in [0, 0.05) is 17.6 Å². The number of benzene rings is 1. The molecule has 0 aliphatic rings. The van der Waals surface area contributed by atoms with Crippen molar-refractivity contribution >= 4 is 33.2 Å². The van der Waals surface area contributed by atoms with Gasteiger partial charge in [-0.05, 0) is 41.9 Å². The normalized spacial score (nSPS) is 10.2. The Balaban J connectivity index is 3.10. The summed E-state index contributed by atoms with van der Waals surface area (Å²) in [5.41, 5.74) is 1.09. The van der Waals surface area contributed by atoms with E-state index in [1.807, 2.05) is 18.2 Å². The van der Waals surface area contributed by atoms with E-state index >= 15 is 0 Å². The maximum absolute atomic E-state index is 6.11. The van der Waals surface area contributed by atoms with Crippen molar-refractivity contribution in [2.75, 3.05) is 18.0 Å². The predicted octanol–water partition coefficient (Wildman–Crippen LogP) is 3.95. The lowest BCUT2D eigenvalue weighted by Crippen LogP contribution is -2.22. The van der Waals surface area contributed by atoms with Gasteiger partial charge in [0.05, 0.1) is 10.7 Å². The summed E-state index contributed by atoms with van der Waals surface area (Å²) in [6.07, 6.45) is 0. The Morgan fingerprint density at radius 1 is 1.31 bits per heavy atom. The van der Waals surface area contributed by atoms with Gasteiger partial charge in [-0.1, -0.05) is 17.7 Å². The van der Waals surface area contributed by atoms with E-state index in [4.69, 9.17) is 11.6 Å². The summed E-state index contributed by atoms with van der Waals surface area (Å²) in [5.74, 6) is 0. The zero-order valence-electron chi connectivity index (χ0n) is 7.85. The molecule has 0 radical (unpaired) electrons. The van der Waals surface area contributed by atoms with Crippen molar-refractivity contribution in [2.24, 2.45) is 0 Å². The lowest BCUT2D eigenvalue weighted by molar-refractivity contribution is 0.864. The van der Waals surface area contributed by atoms with Crippen molar-refractivity contribution in [3.63, 3.8) is 0 Å². The third kappa shape index (κ3) is 2.38. The van der Waals surface area contributed by atoms with E-state index in [1.165, 1.54) is 0 Å². The van der Waals surface area contributed by atoms with Crippen LogP contribution in [0, 0.1) is 0 Å². The fourth-order valence-corrected chi connectivity index (χ4v) is 2.36. The molecule has 0 spiro atoms. The van der Waals surface area contributed by atoms with Crippen LogP contribution in [0.1, 0.15) is 13.8 Å². The quantitative estimate of drug-likeness (QED) is 0.797. The monoisotopic (exact) mass is 261 g/mol. The first-order valence-corrected chi connectivity index (χ1v) is 5.56. The van der Waals surface area contributed by atoms with Crippen LogP contribution in [0.25, 0.3) is 0 Å². The van der Waals surface area contributed by atoms with Crippen LogP contribution in [0.3, 0.4) is 0 Å². The largest absolute Gasteiger partial charge is 0.370 e. The van der Waals surface area contributed by atoms with Gasteiger partial charge in [0.2, 0.25) is 0 Å². The highest BCUT2D eigenvalue weighted by Crippen LogP contribution is 2.33. The summed E-state index contributed by atoms with van der Waals surface area (Å²) in [6.45, 7) is 6.19. The molecular weight excluding hydrogens is 249 g/mol. The molecule has 72 valence electrons. The number of para-hydroxylation sites is 1. The van der Waals surface area contributed by atoms with Gasteiger partial charge in [-0.2, -0.15) is 0 Å². The fourth-order valence-electron chi connectivity index (χ4n) is 1.33. The van der Waals surface area contributed by atoms with Crippen LogP contribution in [-0.4, -0.2) is 13.1 Å². The number of hydrogen-bond acceptors (Lipinski definition) is 1. The molecule has 0 aliphatic carbocycles. The summed E-state index contributed by atoms with van der Waals surface area (Å²) in [6, 6.07) is 5.87. The molecule has 0 unspecified atom stereocenters. The van der Waals surface area contributed by atoms with Crippen molar-refractivity contribution in [3.05, 3.63) is 27.7 Å². The molecule has 3 heteroatoms. The Bertz CT molecular complexity index is 264. The first-order valence-electron chi connectivity index (χ1n) is 4.39. The molecule has 1 nitrogen and oxygen atoms in total. The average molecular weight is 263 g/mol. The summed E-state index contributed by atoms with van der Waals surface area (Å²) in [4.78, 5) is 2.23. The highest BCUT2D eigenvalue weighted by atomic mass is 79.9. The van der Waals surface area contributed by atoms with Gasteiger partial charge in [-0.3, -0.25) is 0 Å². The molecule has 0 saturated heterocycles. The van der Waals surface area contributed by atoms with Crippen molar-refractivity contribution in [3.8, 4) is 0 Å². The average Bonchev–Trinajstić information content (AvgIpc) is 2.11. The van der Waals surface area contributed by atoms with Gasteiger partial charge in [-0.25, -0.2) is 0 Å². The molecule has 0 atom stereocenters. The zero-order valence-corrected chi connectivity index (χ0v) is 10.2. The molecule has 0 bridgehead atoms. The summed E-state index contributed by atoms with van der Waals surface area (Å²) >= 11 is 9.61. The number of anilines is 1. The van der Waals surface area contributed by atoms with Crippen molar-refractivity contribution in [1.29, 1.82) is 0 Å². The zero-order chi connectivity index (χ0) is 9.84. The second-order valence-electron chi connectivity index (χ2n) is 2.74. The van der Waals surface area contributed by atoms with Crippen LogP contribution in [0.4, 0.5) is 5.69 Å². The Morgan fingerprint density at radius 3 is 2.38 bits per heavy atom. The second kappa shape index (κ2) is 4.87. The first kappa shape index (κ1) is 10.9. The van der Waals surface area contributed by atoms with Crippen LogP contribution in [0.2, 0.25) is 5.02 Å². The Morgan fingerprint density at radius 2 is 1.92 bits per heavy atom. The van der Waals surface area contributed by atoms with Gasteiger partial charge in [0.25, 0.3) is 0 Å². The fraction of sp³-hybridized carbons (Fsp3) is 0.400. The topological polar surface area (TPSA) is 3.24 Å². The van der Waals surface area contributed by atoms with Crippen molar-refractivity contribution < 1.29 is 0 Å². The van der Waals surface area contributed by atoms with Gasteiger partial charge in [0.1, 0.15) is 0 Å². The van der Waals surface area contributed by atoms with E-state index in [-0.39, 0.29) is 0 Å². The third-order valence-corrected chi connectivity index (χ3v) is 2.96. The smallest absolute Gasteiger partial charge is 0.0699 e. The van der Waals surface area contributed by atoms with Crippen LogP contribution in [0.15, 0.2) is 22.7 Å². The van der Waals surface area contributed by atoms with Gasteiger partial charge >= 0.3 is 0 Å². The van der Waals surface area contributed by atoms with Crippen LogP contribution < -0.4 is 4.90 Å². The summed E-state index contributed by atoms with van der Waals surface area (Å²) in [5, 5.41) is 0.804. The molecule has 0 saturated carbocycles. The van der Waals surface area contributed by atoms with Crippen LogP contribution >= 0.6 is 27.5 Å². The van der Waals surface area contributed by atoms with E-state index in [9.17, 15) is 0 Å². The lowest BCUT2D eigenvalue weighted by atomic mass is 10.3. The van der Waals surface area contributed by atoms with E-state index in [0.29, 0.717) is 0 Å². The van der Waals surface area contributed by atoms with E-state index in [0.717, 1.165) is 28.3 Å². The minimum atomic E-state index is 0.804. The lowest BCUT2D eigenvalue weighted by Gasteiger charge is -2.23. The van der Waals surface area contributed by atoms with Gasteiger partial charge in [0.15, 0.2) is 0 Å². The summed E-state index contributed by atoms with van der Waals surface area (Å²) in [7, 11) is 0. The van der Waals surface area contributed by atoms with Crippen molar-refractivity contribution in [2.45, 2.75) is 13.8 Å².